The molecule has 5 heteroatoms. The Morgan fingerprint density at radius 2 is 1.75 bits per heavy atom. The largest absolute Gasteiger partial charge is 0.481 e. The van der Waals surface area contributed by atoms with E-state index in [4.69, 9.17) is 9.84 Å². The molecule has 128 valence electrons. The van der Waals surface area contributed by atoms with Crippen molar-refractivity contribution in [3.63, 3.8) is 0 Å². The van der Waals surface area contributed by atoms with E-state index in [-0.39, 0.29) is 6.42 Å². The predicted octanol–water partition coefficient (Wildman–Crippen LogP) is 4.44. The molecular weight excluding hydrogens is 306 g/mol. The molecule has 1 atom stereocenters. The highest BCUT2D eigenvalue weighted by molar-refractivity contribution is 6.02. The van der Waals surface area contributed by atoms with Gasteiger partial charge in [-0.2, -0.15) is 0 Å². The van der Waals surface area contributed by atoms with Crippen LogP contribution in [0, 0.1) is 0 Å². The Morgan fingerprint density at radius 3 is 2.38 bits per heavy atom. The van der Waals surface area contributed by atoms with Gasteiger partial charge < -0.3 is 9.84 Å². The first-order valence-electron chi connectivity index (χ1n) is 7.91. The van der Waals surface area contributed by atoms with Gasteiger partial charge in [-0.05, 0) is 39.1 Å². The molecule has 0 fully saturated rings. The Bertz CT molecular complexity index is 743. The van der Waals surface area contributed by atoms with E-state index in [0.29, 0.717) is 5.69 Å². The van der Waals surface area contributed by atoms with Gasteiger partial charge in [0.2, 0.25) is 0 Å². The maximum atomic E-state index is 12.7. The molecule has 0 radical (unpaired) electrons. The first kappa shape index (κ1) is 17.8. The summed E-state index contributed by atoms with van der Waals surface area (Å²) in [5, 5.41) is 11.0. The summed E-state index contributed by atoms with van der Waals surface area (Å²) in [6.07, 6.45) is -0.713. The topological polar surface area (TPSA) is 66.8 Å². The third-order valence-electron chi connectivity index (χ3n) is 3.53. The maximum absolute atomic E-state index is 12.7. The number of benzene rings is 2. The zero-order valence-corrected chi connectivity index (χ0v) is 14.4. The molecule has 5 nitrogen and oxygen atoms in total. The van der Waals surface area contributed by atoms with Gasteiger partial charge >= 0.3 is 12.1 Å². The maximum Gasteiger partial charge on any atom is 0.415 e. The fourth-order valence-electron chi connectivity index (χ4n) is 2.59. The first-order chi connectivity index (χ1) is 11.2. The molecule has 0 spiro atoms. The van der Waals surface area contributed by atoms with E-state index < -0.39 is 23.7 Å². The molecule has 0 aliphatic carbocycles. The highest BCUT2D eigenvalue weighted by Crippen LogP contribution is 2.30. The standard InChI is InChI=1S/C19H23NO4/c1-13(12-17(21)22)20(18(23)24-19(2,3)4)16-11-7-9-14-8-5-6-10-15(14)16/h5-11,13H,12H2,1-4H3,(H,21,22)/t13-/m0/s1. The van der Waals surface area contributed by atoms with Gasteiger partial charge in [0, 0.05) is 11.4 Å². The number of fused-ring (bicyclic) bond motifs is 1. The van der Waals surface area contributed by atoms with Crippen molar-refractivity contribution in [2.75, 3.05) is 4.90 Å². The number of hydrogen-bond acceptors (Lipinski definition) is 3. The molecule has 0 heterocycles. The zero-order valence-electron chi connectivity index (χ0n) is 14.4. The van der Waals surface area contributed by atoms with Crippen LogP contribution < -0.4 is 4.90 Å². The van der Waals surface area contributed by atoms with Crippen LogP contribution in [0.2, 0.25) is 0 Å². The summed E-state index contributed by atoms with van der Waals surface area (Å²) in [6.45, 7) is 7.07. The third kappa shape index (κ3) is 4.25. The molecule has 1 N–H and O–H groups in total. The Balaban J connectivity index is 2.51. The number of aliphatic carboxylic acids is 1. The van der Waals surface area contributed by atoms with E-state index in [1.807, 2.05) is 42.5 Å². The second kappa shape index (κ2) is 6.91. The van der Waals surface area contributed by atoms with E-state index in [1.54, 1.807) is 27.7 Å². The quantitative estimate of drug-likeness (QED) is 0.900. The Morgan fingerprint density at radius 1 is 1.12 bits per heavy atom. The number of nitrogens with zero attached hydrogens (tertiary/aromatic N) is 1. The Labute approximate surface area is 141 Å². The summed E-state index contributed by atoms with van der Waals surface area (Å²) < 4.78 is 5.50. The number of carboxylic acids is 1. The Hall–Kier alpha value is -2.56. The number of ether oxygens (including phenoxy) is 1. The smallest absolute Gasteiger partial charge is 0.415 e. The van der Waals surface area contributed by atoms with Gasteiger partial charge in [-0.3, -0.25) is 9.69 Å². The first-order valence-corrected chi connectivity index (χ1v) is 7.91. The van der Waals surface area contributed by atoms with Crippen molar-refractivity contribution in [1.82, 2.24) is 0 Å². The zero-order chi connectivity index (χ0) is 17.9. The summed E-state index contributed by atoms with van der Waals surface area (Å²) in [6, 6.07) is 12.7. The van der Waals surface area contributed by atoms with Crippen molar-refractivity contribution in [2.24, 2.45) is 0 Å². The van der Waals surface area contributed by atoms with Crippen LogP contribution in [0.3, 0.4) is 0 Å². The molecule has 2 rings (SSSR count). The van der Waals surface area contributed by atoms with Crippen molar-refractivity contribution in [3.05, 3.63) is 42.5 Å². The monoisotopic (exact) mass is 329 g/mol. The van der Waals surface area contributed by atoms with Crippen molar-refractivity contribution in [3.8, 4) is 0 Å². The average molecular weight is 329 g/mol. The lowest BCUT2D eigenvalue weighted by molar-refractivity contribution is -0.137. The molecule has 2 aromatic carbocycles. The van der Waals surface area contributed by atoms with Gasteiger partial charge in [0.25, 0.3) is 0 Å². The summed E-state index contributed by atoms with van der Waals surface area (Å²) in [7, 11) is 0. The van der Waals surface area contributed by atoms with Crippen LogP contribution >= 0.6 is 0 Å². The highest BCUT2D eigenvalue weighted by atomic mass is 16.6. The number of carboxylic acid groups (broad SMARTS) is 1. The lowest BCUT2D eigenvalue weighted by atomic mass is 10.1. The molecule has 2 aromatic rings. The van der Waals surface area contributed by atoms with Crippen LogP contribution in [-0.2, 0) is 9.53 Å². The van der Waals surface area contributed by atoms with Gasteiger partial charge in [0.05, 0.1) is 12.1 Å². The molecule has 0 saturated heterocycles. The van der Waals surface area contributed by atoms with Crippen LogP contribution in [0.1, 0.15) is 34.1 Å². The van der Waals surface area contributed by atoms with Gasteiger partial charge in [-0.15, -0.1) is 0 Å². The van der Waals surface area contributed by atoms with Crippen LogP contribution in [0.25, 0.3) is 10.8 Å². The fraction of sp³-hybridized carbons (Fsp3) is 0.368. The second-order valence-corrected chi connectivity index (χ2v) is 6.80. The number of amides is 1. The molecule has 0 saturated carbocycles. The van der Waals surface area contributed by atoms with E-state index in [9.17, 15) is 9.59 Å². The fourth-order valence-corrected chi connectivity index (χ4v) is 2.59. The molecule has 0 aliphatic heterocycles. The van der Waals surface area contributed by atoms with E-state index in [1.165, 1.54) is 4.90 Å². The number of hydrogen-bond donors (Lipinski definition) is 1. The third-order valence-corrected chi connectivity index (χ3v) is 3.53. The lowest BCUT2D eigenvalue weighted by Gasteiger charge is -2.32. The molecular formula is C19H23NO4. The molecule has 0 unspecified atom stereocenters. The number of carbonyl (C=O) groups excluding carboxylic acids is 1. The summed E-state index contributed by atoms with van der Waals surface area (Å²) in [5.74, 6) is -0.962. The van der Waals surface area contributed by atoms with Crippen LogP contribution in [-0.4, -0.2) is 28.8 Å². The van der Waals surface area contributed by atoms with Crippen molar-refractivity contribution >= 4 is 28.5 Å². The molecule has 0 aromatic heterocycles. The minimum Gasteiger partial charge on any atom is -0.481 e. The molecule has 24 heavy (non-hydrogen) atoms. The number of anilines is 1. The van der Waals surface area contributed by atoms with E-state index >= 15 is 0 Å². The van der Waals surface area contributed by atoms with Gasteiger partial charge in [-0.1, -0.05) is 36.4 Å². The van der Waals surface area contributed by atoms with Crippen LogP contribution in [0.4, 0.5) is 10.5 Å². The van der Waals surface area contributed by atoms with Gasteiger partial charge in [-0.25, -0.2) is 4.79 Å². The SMILES string of the molecule is C[C@@H](CC(=O)O)N(C(=O)OC(C)(C)C)c1cccc2ccccc12. The Kier molecular flexibility index (Phi) is 5.12. The number of carbonyl (C=O) groups is 2. The number of rotatable bonds is 4. The minimum absolute atomic E-state index is 0.164. The van der Waals surface area contributed by atoms with Crippen LogP contribution in [0.5, 0.6) is 0 Å². The van der Waals surface area contributed by atoms with Crippen molar-refractivity contribution in [1.29, 1.82) is 0 Å². The second-order valence-electron chi connectivity index (χ2n) is 6.80. The van der Waals surface area contributed by atoms with Gasteiger partial charge in [0.15, 0.2) is 0 Å². The molecule has 1 amide bonds. The molecule has 0 bridgehead atoms. The van der Waals surface area contributed by atoms with Crippen LogP contribution in [0.15, 0.2) is 42.5 Å². The average Bonchev–Trinajstić information content (AvgIpc) is 2.45. The summed E-state index contributed by atoms with van der Waals surface area (Å²) >= 11 is 0. The summed E-state index contributed by atoms with van der Waals surface area (Å²) in [5.41, 5.74) is -0.0147. The highest BCUT2D eigenvalue weighted by Gasteiger charge is 2.29. The van der Waals surface area contributed by atoms with Crippen molar-refractivity contribution < 1.29 is 19.4 Å². The van der Waals surface area contributed by atoms with E-state index in [0.717, 1.165) is 10.8 Å². The molecule has 0 aliphatic rings. The lowest BCUT2D eigenvalue weighted by Crippen LogP contribution is -2.43. The minimum atomic E-state index is -0.962. The predicted molar refractivity (Wildman–Crippen MR) is 94.4 cm³/mol. The van der Waals surface area contributed by atoms with E-state index in [2.05, 4.69) is 0 Å². The van der Waals surface area contributed by atoms with Crippen molar-refractivity contribution in [2.45, 2.75) is 45.8 Å². The van der Waals surface area contributed by atoms with Gasteiger partial charge in [0.1, 0.15) is 5.60 Å². The summed E-state index contributed by atoms with van der Waals surface area (Å²) in [4.78, 5) is 25.3. The normalized spacial score (nSPS) is 12.7.